The average molecular weight is 357 g/mol. The largest absolute Gasteiger partial charge is 0.312 e. The monoisotopic (exact) mass is 356 g/mol. The molecule has 2 aromatic carbocycles. The van der Waals surface area contributed by atoms with Gasteiger partial charge in [0.2, 0.25) is 0 Å². The summed E-state index contributed by atoms with van der Waals surface area (Å²) in [5.41, 5.74) is 4.04. The fourth-order valence-corrected chi connectivity index (χ4v) is 3.70. The van der Waals surface area contributed by atoms with Gasteiger partial charge in [-0.3, -0.25) is 4.79 Å². The topological polar surface area (TPSA) is 34.4 Å². The van der Waals surface area contributed by atoms with Crippen molar-refractivity contribution in [2.75, 3.05) is 0 Å². The molecular formula is C19H17ClN2OS. The molecule has 1 heterocycles. The highest BCUT2D eigenvalue weighted by atomic mass is 35.5. The Morgan fingerprint density at radius 1 is 1.25 bits per heavy atom. The second-order valence-corrected chi connectivity index (χ2v) is 7.06. The summed E-state index contributed by atoms with van der Waals surface area (Å²) in [5, 5.41) is 0.598. The molecule has 0 unspecified atom stereocenters. The van der Waals surface area contributed by atoms with Gasteiger partial charge in [0.25, 0.3) is 5.91 Å². The molecule has 0 bridgehead atoms. The van der Waals surface area contributed by atoms with E-state index in [1.54, 1.807) is 24.3 Å². The van der Waals surface area contributed by atoms with Crippen LogP contribution in [0.2, 0.25) is 5.02 Å². The molecule has 0 atom stereocenters. The van der Waals surface area contributed by atoms with Crippen molar-refractivity contribution >= 4 is 39.1 Å². The number of benzene rings is 2. The first-order valence-electron chi connectivity index (χ1n) is 7.55. The fourth-order valence-electron chi connectivity index (χ4n) is 2.46. The molecule has 3 nitrogen and oxygen atoms in total. The van der Waals surface area contributed by atoms with E-state index in [2.05, 4.69) is 37.6 Å². The van der Waals surface area contributed by atoms with Gasteiger partial charge in [0, 0.05) is 17.1 Å². The van der Waals surface area contributed by atoms with Crippen molar-refractivity contribution in [3.05, 3.63) is 75.6 Å². The third-order valence-corrected chi connectivity index (χ3v) is 5.19. The zero-order chi connectivity index (χ0) is 17.3. The summed E-state index contributed by atoms with van der Waals surface area (Å²) >= 11 is 7.39. The maximum Gasteiger partial charge on any atom is 0.279 e. The molecule has 1 aromatic heterocycles. The van der Waals surface area contributed by atoms with Gasteiger partial charge in [0.1, 0.15) is 0 Å². The Hall–Kier alpha value is -2.17. The smallest absolute Gasteiger partial charge is 0.279 e. The van der Waals surface area contributed by atoms with Crippen molar-refractivity contribution in [3.63, 3.8) is 0 Å². The third kappa shape index (κ3) is 3.21. The number of aryl methyl sites for hydroxylation is 2. The number of thiazole rings is 1. The zero-order valence-electron chi connectivity index (χ0n) is 13.5. The van der Waals surface area contributed by atoms with Crippen molar-refractivity contribution in [1.29, 1.82) is 0 Å². The summed E-state index contributed by atoms with van der Waals surface area (Å²) in [5.74, 6) is -0.274. The van der Waals surface area contributed by atoms with Gasteiger partial charge in [-0.25, -0.2) is 0 Å². The molecule has 5 heteroatoms. The number of amides is 1. The van der Waals surface area contributed by atoms with Crippen LogP contribution < -0.4 is 4.80 Å². The van der Waals surface area contributed by atoms with Crippen LogP contribution in [0.15, 0.2) is 54.0 Å². The molecule has 1 amide bonds. The second kappa shape index (κ2) is 6.75. The number of fused-ring (bicyclic) bond motifs is 1. The van der Waals surface area contributed by atoms with Gasteiger partial charge < -0.3 is 4.57 Å². The van der Waals surface area contributed by atoms with Gasteiger partial charge >= 0.3 is 0 Å². The standard InChI is InChI=1S/C19H17ClN2OS/c1-4-9-22-16-10-12(2)13(3)11-17(16)24-19(22)21-18(23)14-5-7-15(20)8-6-14/h4-8,10-11H,1,9H2,2-3H3. The lowest BCUT2D eigenvalue weighted by molar-refractivity contribution is 0.0998. The summed E-state index contributed by atoms with van der Waals surface area (Å²) in [6, 6.07) is 11.0. The van der Waals surface area contributed by atoms with Crippen LogP contribution in [0.4, 0.5) is 0 Å². The third-order valence-electron chi connectivity index (χ3n) is 3.90. The van der Waals surface area contributed by atoms with Crippen LogP contribution in [0.1, 0.15) is 21.5 Å². The summed E-state index contributed by atoms with van der Waals surface area (Å²) in [6.07, 6.45) is 1.81. The molecule has 3 rings (SSSR count). The number of rotatable bonds is 3. The first kappa shape index (κ1) is 16.7. The summed E-state index contributed by atoms with van der Waals surface area (Å²) in [6.45, 7) is 8.59. The summed E-state index contributed by atoms with van der Waals surface area (Å²) in [4.78, 5) is 17.5. The number of carbonyl (C=O) groups excluding carboxylic acids is 1. The number of aromatic nitrogens is 1. The lowest BCUT2D eigenvalue weighted by Crippen LogP contribution is -2.16. The SMILES string of the molecule is C=CCn1c(=NC(=O)c2ccc(Cl)cc2)sc2cc(C)c(C)cc21. The van der Waals surface area contributed by atoms with Crippen LogP contribution in [0.5, 0.6) is 0 Å². The molecule has 0 spiro atoms. The van der Waals surface area contributed by atoms with Crippen LogP contribution >= 0.6 is 22.9 Å². The van der Waals surface area contributed by atoms with Gasteiger partial charge in [-0.2, -0.15) is 4.99 Å². The van der Waals surface area contributed by atoms with E-state index in [9.17, 15) is 4.79 Å². The molecule has 0 saturated carbocycles. The maximum absolute atomic E-state index is 12.5. The Morgan fingerprint density at radius 2 is 1.92 bits per heavy atom. The van der Waals surface area contributed by atoms with Gasteiger partial charge in [-0.1, -0.05) is 29.0 Å². The molecule has 0 radical (unpaired) electrons. The van der Waals surface area contributed by atoms with Crippen LogP contribution in [0, 0.1) is 13.8 Å². The number of halogens is 1. The number of allylic oxidation sites excluding steroid dienone is 1. The van der Waals surface area contributed by atoms with E-state index in [1.807, 2.05) is 10.6 Å². The average Bonchev–Trinajstić information content (AvgIpc) is 2.86. The van der Waals surface area contributed by atoms with E-state index < -0.39 is 0 Å². The van der Waals surface area contributed by atoms with E-state index in [1.165, 1.54) is 22.5 Å². The minimum absolute atomic E-state index is 0.274. The van der Waals surface area contributed by atoms with Crippen molar-refractivity contribution < 1.29 is 4.79 Å². The first-order chi connectivity index (χ1) is 11.5. The van der Waals surface area contributed by atoms with Crippen LogP contribution in [-0.2, 0) is 6.54 Å². The molecule has 122 valence electrons. The summed E-state index contributed by atoms with van der Waals surface area (Å²) in [7, 11) is 0. The lowest BCUT2D eigenvalue weighted by Gasteiger charge is -2.04. The predicted octanol–water partition coefficient (Wildman–Crippen LogP) is 4.90. The molecule has 0 fully saturated rings. The van der Waals surface area contributed by atoms with E-state index in [0.29, 0.717) is 21.9 Å². The Kier molecular flexibility index (Phi) is 4.69. The van der Waals surface area contributed by atoms with Crippen molar-refractivity contribution in [2.24, 2.45) is 4.99 Å². The number of hydrogen-bond acceptors (Lipinski definition) is 2. The number of hydrogen-bond donors (Lipinski definition) is 0. The van der Waals surface area contributed by atoms with Gasteiger partial charge in [0.15, 0.2) is 4.80 Å². The quantitative estimate of drug-likeness (QED) is 0.614. The molecular weight excluding hydrogens is 340 g/mol. The Morgan fingerprint density at radius 3 is 2.58 bits per heavy atom. The van der Waals surface area contributed by atoms with Crippen LogP contribution in [0.3, 0.4) is 0 Å². The highest BCUT2D eigenvalue weighted by Crippen LogP contribution is 2.22. The van der Waals surface area contributed by atoms with Crippen molar-refractivity contribution in [3.8, 4) is 0 Å². The van der Waals surface area contributed by atoms with E-state index >= 15 is 0 Å². The van der Waals surface area contributed by atoms with E-state index in [-0.39, 0.29) is 5.91 Å². The van der Waals surface area contributed by atoms with E-state index in [4.69, 9.17) is 11.6 Å². The molecule has 0 aliphatic heterocycles. The van der Waals surface area contributed by atoms with Crippen LogP contribution in [0.25, 0.3) is 10.2 Å². The minimum Gasteiger partial charge on any atom is -0.312 e. The molecule has 0 N–H and O–H groups in total. The molecule has 0 saturated heterocycles. The Bertz CT molecular complexity index is 997. The molecule has 0 aliphatic carbocycles. The highest BCUT2D eigenvalue weighted by Gasteiger charge is 2.10. The first-order valence-corrected chi connectivity index (χ1v) is 8.75. The molecule has 0 aliphatic rings. The maximum atomic E-state index is 12.5. The second-order valence-electron chi connectivity index (χ2n) is 5.61. The summed E-state index contributed by atoms with van der Waals surface area (Å²) < 4.78 is 3.13. The van der Waals surface area contributed by atoms with Gasteiger partial charge in [0.05, 0.1) is 10.2 Å². The molecule has 24 heavy (non-hydrogen) atoms. The zero-order valence-corrected chi connectivity index (χ0v) is 15.1. The van der Waals surface area contributed by atoms with E-state index in [0.717, 1.165) is 10.2 Å². The number of carbonyl (C=O) groups is 1. The van der Waals surface area contributed by atoms with Gasteiger partial charge in [-0.15, -0.1) is 6.58 Å². The van der Waals surface area contributed by atoms with Crippen molar-refractivity contribution in [1.82, 2.24) is 4.57 Å². The Labute approximate surface area is 149 Å². The fraction of sp³-hybridized carbons (Fsp3) is 0.158. The Balaban J connectivity index is 2.16. The van der Waals surface area contributed by atoms with Crippen molar-refractivity contribution in [2.45, 2.75) is 20.4 Å². The normalized spacial score (nSPS) is 11.9. The lowest BCUT2D eigenvalue weighted by atomic mass is 10.1. The van der Waals surface area contributed by atoms with Crippen LogP contribution in [-0.4, -0.2) is 10.5 Å². The predicted molar refractivity (Wildman–Crippen MR) is 101 cm³/mol. The highest BCUT2D eigenvalue weighted by molar-refractivity contribution is 7.16. The van der Waals surface area contributed by atoms with Gasteiger partial charge in [-0.05, 0) is 61.4 Å². The minimum atomic E-state index is -0.274. The number of nitrogens with zero attached hydrogens (tertiary/aromatic N) is 2. The molecule has 3 aromatic rings.